The summed E-state index contributed by atoms with van der Waals surface area (Å²) in [7, 11) is -0.624. The standard InChI is InChI=1S/C12H14Cl2N4O2S/c1-17-6-8(5-16-17)7-18(2)21(19,20)12-10(13)3-9(15)4-11(12)14/h3-6H,7,15H2,1-2H3. The van der Waals surface area contributed by atoms with Crippen LogP contribution in [0.3, 0.4) is 0 Å². The van der Waals surface area contributed by atoms with Gasteiger partial charge in [0.15, 0.2) is 0 Å². The van der Waals surface area contributed by atoms with Crippen molar-refractivity contribution >= 4 is 38.9 Å². The Morgan fingerprint density at radius 2 is 1.90 bits per heavy atom. The van der Waals surface area contributed by atoms with E-state index in [1.54, 1.807) is 24.1 Å². The lowest BCUT2D eigenvalue weighted by molar-refractivity contribution is 0.466. The van der Waals surface area contributed by atoms with Crippen molar-refractivity contribution in [2.45, 2.75) is 11.4 Å². The number of rotatable bonds is 4. The Hall–Kier alpha value is -1.28. The third-order valence-electron chi connectivity index (χ3n) is 2.85. The lowest BCUT2D eigenvalue weighted by atomic mass is 10.3. The zero-order chi connectivity index (χ0) is 15.8. The Morgan fingerprint density at radius 3 is 2.38 bits per heavy atom. The van der Waals surface area contributed by atoms with Gasteiger partial charge in [-0.3, -0.25) is 4.68 Å². The number of aryl methyl sites for hydroxylation is 1. The third-order valence-corrected chi connectivity index (χ3v) is 5.58. The van der Waals surface area contributed by atoms with Crippen molar-refractivity contribution in [3.05, 3.63) is 40.1 Å². The zero-order valence-corrected chi connectivity index (χ0v) is 13.7. The summed E-state index contributed by atoms with van der Waals surface area (Å²) in [5.74, 6) is 0. The fourth-order valence-electron chi connectivity index (χ4n) is 1.88. The van der Waals surface area contributed by atoms with Crippen LogP contribution in [0.15, 0.2) is 29.4 Å². The number of hydrogen-bond donors (Lipinski definition) is 1. The van der Waals surface area contributed by atoms with E-state index in [4.69, 9.17) is 28.9 Å². The fraction of sp³-hybridized carbons (Fsp3) is 0.250. The number of benzene rings is 1. The maximum Gasteiger partial charge on any atom is 0.246 e. The molecule has 0 saturated carbocycles. The summed E-state index contributed by atoms with van der Waals surface area (Å²) in [6.07, 6.45) is 3.33. The predicted molar refractivity (Wildman–Crippen MR) is 82.7 cm³/mol. The zero-order valence-electron chi connectivity index (χ0n) is 11.4. The Balaban J connectivity index is 2.38. The second-order valence-electron chi connectivity index (χ2n) is 4.60. The van der Waals surface area contributed by atoms with Crippen LogP contribution in [0.1, 0.15) is 5.56 Å². The van der Waals surface area contributed by atoms with E-state index in [0.717, 1.165) is 9.87 Å². The molecule has 0 atom stereocenters. The summed E-state index contributed by atoms with van der Waals surface area (Å²) in [5, 5.41) is 3.99. The SMILES string of the molecule is CN(Cc1cnn(C)c1)S(=O)(=O)c1c(Cl)cc(N)cc1Cl. The normalized spacial score (nSPS) is 12.0. The van der Waals surface area contributed by atoms with Crippen LogP contribution in [0, 0.1) is 0 Å². The van der Waals surface area contributed by atoms with Crippen LogP contribution in [0.4, 0.5) is 5.69 Å². The van der Waals surface area contributed by atoms with Gasteiger partial charge in [0.2, 0.25) is 10.0 Å². The number of nitrogen functional groups attached to an aromatic ring is 1. The molecule has 0 fully saturated rings. The summed E-state index contributed by atoms with van der Waals surface area (Å²) < 4.78 is 27.9. The molecule has 114 valence electrons. The number of sulfonamides is 1. The first-order chi connectivity index (χ1) is 9.71. The van der Waals surface area contributed by atoms with Crippen molar-refractivity contribution in [1.82, 2.24) is 14.1 Å². The second kappa shape index (κ2) is 5.84. The van der Waals surface area contributed by atoms with Gasteiger partial charge >= 0.3 is 0 Å². The van der Waals surface area contributed by atoms with Crippen molar-refractivity contribution in [2.24, 2.45) is 7.05 Å². The van der Waals surface area contributed by atoms with Crippen molar-refractivity contribution in [1.29, 1.82) is 0 Å². The summed E-state index contributed by atoms with van der Waals surface area (Å²) in [6, 6.07) is 2.72. The number of hydrogen-bond acceptors (Lipinski definition) is 4. The third kappa shape index (κ3) is 3.32. The molecule has 6 nitrogen and oxygen atoms in total. The monoisotopic (exact) mass is 348 g/mol. The number of anilines is 1. The summed E-state index contributed by atoms with van der Waals surface area (Å²) in [4.78, 5) is -0.147. The average molecular weight is 349 g/mol. The Kier molecular flexibility index (Phi) is 4.48. The van der Waals surface area contributed by atoms with Crippen LogP contribution in [-0.2, 0) is 23.6 Å². The topological polar surface area (TPSA) is 81.2 Å². The summed E-state index contributed by atoms with van der Waals surface area (Å²) >= 11 is 12.0. The van der Waals surface area contributed by atoms with Crippen LogP contribution in [0.5, 0.6) is 0 Å². The van der Waals surface area contributed by atoms with Gasteiger partial charge in [0.05, 0.1) is 16.2 Å². The quantitative estimate of drug-likeness (QED) is 0.858. The first-order valence-electron chi connectivity index (χ1n) is 5.90. The molecule has 1 aromatic heterocycles. The Labute approximate surface area is 133 Å². The van der Waals surface area contributed by atoms with E-state index in [9.17, 15) is 8.42 Å². The molecule has 0 spiro atoms. The largest absolute Gasteiger partial charge is 0.399 e. The highest BCUT2D eigenvalue weighted by molar-refractivity contribution is 7.89. The molecule has 2 N–H and O–H groups in total. The van der Waals surface area contributed by atoms with E-state index in [2.05, 4.69) is 5.10 Å². The second-order valence-corrected chi connectivity index (χ2v) is 7.39. The molecule has 1 aromatic carbocycles. The van der Waals surface area contributed by atoms with Gasteiger partial charge in [-0.25, -0.2) is 8.42 Å². The van der Waals surface area contributed by atoms with Gasteiger partial charge < -0.3 is 5.73 Å². The smallest absolute Gasteiger partial charge is 0.246 e. The van der Waals surface area contributed by atoms with Crippen molar-refractivity contribution in [3.63, 3.8) is 0 Å². The average Bonchev–Trinajstić information content (AvgIpc) is 2.72. The molecule has 0 aliphatic carbocycles. The number of nitrogens with two attached hydrogens (primary N) is 1. The highest BCUT2D eigenvalue weighted by Gasteiger charge is 2.27. The summed E-state index contributed by atoms with van der Waals surface area (Å²) in [6.45, 7) is 0.160. The minimum absolute atomic E-state index is 0.00182. The molecule has 9 heteroatoms. The van der Waals surface area contributed by atoms with Gasteiger partial charge in [-0.1, -0.05) is 23.2 Å². The van der Waals surface area contributed by atoms with Crippen LogP contribution in [-0.4, -0.2) is 29.6 Å². The van der Waals surface area contributed by atoms with Gasteiger partial charge in [0, 0.05) is 38.1 Å². The van der Waals surface area contributed by atoms with Gasteiger partial charge in [-0.2, -0.15) is 9.40 Å². The van der Waals surface area contributed by atoms with Crippen LogP contribution in [0.25, 0.3) is 0 Å². The van der Waals surface area contributed by atoms with E-state index in [-0.39, 0.29) is 21.5 Å². The van der Waals surface area contributed by atoms with Gasteiger partial charge in [0.25, 0.3) is 0 Å². The molecule has 2 aromatic rings. The molecule has 21 heavy (non-hydrogen) atoms. The lowest BCUT2D eigenvalue weighted by Crippen LogP contribution is -2.27. The van der Waals surface area contributed by atoms with Crippen molar-refractivity contribution < 1.29 is 8.42 Å². The van der Waals surface area contributed by atoms with Crippen LogP contribution in [0.2, 0.25) is 10.0 Å². The van der Waals surface area contributed by atoms with Gasteiger partial charge in [0.1, 0.15) is 4.90 Å². The Bertz CT molecular complexity index is 750. The molecule has 2 rings (SSSR count). The van der Waals surface area contributed by atoms with E-state index in [1.807, 2.05) is 0 Å². The molecule has 0 unspecified atom stereocenters. The maximum absolute atomic E-state index is 12.6. The van der Waals surface area contributed by atoms with E-state index >= 15 is 0 Å². The van der Waals surface area contributed by atoms with Gasteiger partial charge in [-0.05, 0) is 12.1 Å². The highest BCUT2D eigenvalue weighted by atomic mass is 35.5. The molecule has 0 saturated heterocycles. The van der Waals surface area contributed by atoms with E-state index in [0.29, 0.717) is 5.69 Å². The molecule has 0 amide bonds. The van der Waals surface area contributed by atoms with Crippen LogP contribution >= 0.6 is 23.2 Å². The van der Waals surface area contributed by atoms with E-state index in [1.165, 1.54) is 19.2 Å². The molecule has 0 aliphatic heterocycles. The molecule has 1 heterocycles. The molecule has 0 bridgehead atoms. The first-order valence-corrected chi connectivity index (χ1v) is 8.10. The number of aromatic nitrogens is 2. The van der Waals surface area contributed by atoms with E-state index < -0.39 is 10.0 Å². The predicted octanol–water partition coefficient (Wildman–Crippen LogP) is 2.13. The maximum atomic E-state index is 12.6. The lowest BCUT2D eigenvalue weighted by Gasteiger charge is -2.18. The first kappa shape index (κ1) is 16.1. The number of halogens is 2. The molecule has 0 radical (unpaired) electrons. The minimum Gasteiger partial charge on any atom is -0.399 e. The molecular formula is C12H14Cl2N4O2S. The number of nitrogens with zero attached hydrogens (tertiary/aromatic N) is 3. The van der Waals surface area contributed by atoms with Crippen molar-refractivity contribution in [2.75, 3.05) is 12.8 Å². The summed E-state index contributed by atoms with van der Waals surface area (Å²) in [5.41, 5.74) is 6.65. The Morgan fingerprint density at radius 1 is 1.33 bits per heavy atom. The minimum atomic E-state index is -3.83. The van der Waals surface area contributed by atoms with Crippen molar-refractivity contribution in [3.8, 4) is 0 Å². The molecular weight excluding hydrogens is 335 g/mol. The molecule has 0 aliphatic rings. The highest BCUT2D eigenvalue weighted by Crippen LogP contribution is 2.33. The fourth-order valence-corrected chi connectivity index (χ4v) is 4.21. The van der Waals surface area contributed by atoms with Crippen LogP contribution < -0.4 is 5.73 Å². The van der Waals surface area contributed by atoms with Gasteiger partial charge in [-0.15, -0.1) is 0 Å².